The molecule has 2 atom stereocenters. The highest BCUT2D eigenvalue weighted by Gasteiger charge is 2.39. The number of anilines is 2. The van der Waals surface area contributed by atoms with Crippen LogP contribution in [0.5, 0.6) is 11.5 Å². The van der Waals surface area contributed by atoms with Crippen molar-refractivity contribution in [3.63, 3.8) is 0 Å². The summed E-state index contributed by atoms with van der Waals surface area (Å²) in [7, 11) is 2.60. The van der Waals surface area contributed by atoms with Gasteiger partial charge in [0.05, 0.1) is 37.7 Å². The molecule has 0 aliphatic carbocycles. The highest BCUT2D eigenvalue weighted by atomic mass is 19.1. The van der Waals surface area contributed by atoms with Gasteiger partial charge in [0.1, 0.15) is 5.52 Å². The quantitative estimate of drug-likeness (QED) is 0.695. The third-order valence-electron chi connectivity index (χ3n) is 5.45. The SMILES string of the molecule is COc1cc(OC)c(F)c(-c2cc3cnc(N)nc3c(N3CC4CC(C3)O4)n2)c1F. The van der Waals surface area contributed by atoms with E-state index >= 15 is 8.78 Å². The van der Waals surface area contributed by atoms with Gasteiger partial charge in [0, 0.05) is 37.2 Å². The standard InChI is InChI=1S/C20H19F2N5O3/c1-28-13-5-14(29-2)17(22)15(16(13)21)12-3-9-6-24-20(23)26-18(9)19(25-12)27-7-10-4-11(8-27)30-10/h3,5-6,10-11H,4,7-8H2,1-2H3,(H2,23,24,26). The van der Waals surface area contributed by atoms with Crippen LogP contribution in [0.25, 0.3) is 22.2 Å². The summed E-state index contributed by atoms with van der Waals surface area (Å²) >= 11 is 0. The average molecular weight is 415 g/mol. The van der Waals surface area contributed by atoms with E-state index in [0.29, 0.717) is 29.8 Å². The highest BCUT2D eigenvalue weighted by molar-refractivity contribution is 5.92. The van der Waals surface area contributed by atoms with E-state index in [2.05, 4.69) is 15.0 Å². The number of nitrogen functional groups attached to an aromatic ring is 1. The molecule has 3 aliphatic rings. The predicted molar refractivity (Wildman–Crippen MR) is 106 cm³/mol. The third-order valence-corrected chi connectivity index (χ3v) is 5.45. The topological polar surface area (TPSA) is 95.6 Å². The van der Waals surface area contributed by atoms with Crippen molar-refractivity contribution in [3.05, 3.63) is 30.0 Å². The molecule has 30 heavy (non-hydrogen) atoms. The molecule has 3 saturated heterocycles. The minimum atomic E-state index is -0.866. The van der Waals surface area contributed by atoms with Crippen molar-refractivity contribution in [2.75, 3.05) is 37.9 Å². The van der Waals surface area contributed by atoms with Crippen LogP contribution in [0.2, 0.25) is 0 Å². The van der Waals surface area contributed by atoms with Gasteiger partial charge in [-0.2, -0.15) is 0 Å². The normalized spacial score (nSPS) is 20.2. The zero-order valence-electron chi connectivity index (χ0n) is 16.4. The molecule has 0 spiro atoms. The molecule has 10 heteroatoms. The van der Waals surface area contributed by atoms with Crippen molar-refractivity contribution in [2.45, 2.75) is 18.6 Å². The molecule has 1 aromatic carbocycles. The van der Waals surface area contributed by atoms with Crippen LogP contribution in [0.4, 0.5) is 20.5 Å². The third kappa shape index (κ3) is 2.86. The van der Waals surface area contributed by atoms with E-state index in [0.717, 1.165) is 12.5 Å². The van der Waals surface area contributed by atoms with Crippen LogP contribution in [-0.2, 0) is 4.74 Å². The molecule has 3 aromatic rings. The van der Waals surface area contributed by atoms with Gasteiger partial charge in [0.25, 0.3) is 0 Å². The summed E-state index contributed by atoms with van der Waals surface area (Å²) in [6, 6.07) is 2.69. The average Bonchev–Trinajstić information content (AvgIpc) is 2.73. The Morgan fingerprint density at radius 2 is 1.70 bits per heavy atom. The Hall–Kier alpha value is -3.27. The Balaban J connectivity index is 1.74. The number of hydrogen-bond acceptors (Lipinski definition) is 8. The summed E-state index contributed by atoms with van der Waals surface area (Å²) < 4.78 is 46.0. The van der Waals surface area contributed by atoms with E-state index in [4.69, 9.17) is 19.9 Å². The van der Waals surface area contributed by atoms with Crippen LogP contribution in [0.1, 0.15) is 6.42 Å². The second kappa shape index (κ2) is 6.91. The van der Waals surface area contributed by atoms with Crippen LogP contribution in [-0.4, -0.2) is 54.5 Å². The van der Waals surface area contributed by atoms with Crippen molar-refractivity contribution in [2.24, 2.45) is 0 Å². The maximum Gasteiger partial charge on any atom is 0.220 e. The maximum atomic E-state index is 15.1. The number of benzene rings is 1. The molecule has 0 amide bonds. The van der Waals surface area contributed by atoms with Crippen molar-refractivity contribution in [1.29, 1.82) is 0 Å². The van der Waals surface area contributed by atoms with Crippen molar-refractivity contribution in [3.8, 4) is 22.8 Å². The minimum absolute atomic E-state index is 0.0817. The number of halogens is 2. The van der Waals surface area contributed by atoms with Crippen molar-refractivity contribution >= 4 is 22.7 Å². The first kappa shape index (κ1) is 18.7. The van der Waals surface area contributed by atoms with E-state index in [1.807, 2.05) is 4.90 Å². The number of ether oxygens (including phenoxy) is 3. The number of aromatic nitrogens is 3. The van der Waals surface area contributed by atoms with E-state index in [9.17, 15) is 0 Å². The summed E-state index contributed by atoms with van der Waals surface area (Å²) in [5, 5.41) is 0.560. The summed E-state index contributed by atoms with van der Waals surface area (Å²) in [4.78, 5) is 15.0. The van der Waals surface area contributed by atoms with Gasteiger partial charge >= 0.3 is 0 Å². The Kier molecular flexibility index (Phi) is 4.31. The largest absolute Gasteiger partial charge is 0.494 e. The van der Waals surface area contributed by atoms with Gasteiger partial charge in [-0.25, -0.2) is 23.7 Å². The number of pyridine rings is 1. The first-order chi connectivity index (χ1) is 14.5. The second-order valence-electron chi connectivity index (χ2n) is 7.30. The zero-order chi connectivity index (χ0) is 21.0. The molecule has 2 N–H and O–H groups in total. The lowest BCUT2D eigenvalue weighted by molar-refractivity contribution is -0.133. The summed E-state index contributed by atoms with van der Waals surface area (Å²) in [5.41, 5.74) is 6.04. The molecule has 3 aliphatic heterocycles. The maximum absolute atomic E-state index is 15.1. The van der Waals surface area contributed by atoms with Crippen LogP contribution in [0, 0.1) is 11.6 Å². The van der Waals surface area contributed by atoms with Gasteiger partial charge < -0.3 is 24.8 Å². The number of hydrogen-bond donors (Lipinski definition) is 1. The molecule has 0 radical (unpaired) electrons. The van der Waals surface area contributed by atoms with E-state index in [-0.39, 0.29) is 40.9 Å². The fourth-order valence-electron chi connectivity index (χ4n) is 4.02. The monoisotopic (exact) mass is 415 g/mol. The van der Waals surface area contributed by atoms with Gasteiger partial charge in [-0.3, -0.25) is 0 Å². The predicted octanol–water partition coefficient (Wildman–Crippen LogP) is 2.55. The number of methoxy groups -OCH3 is 2. The molecule has 3 fully saturated rings. The number of piperidine rings is 1. The molecule has 8 nitrogen and oxygen atoms in total. The number of rotatable bonds is 4. The van der Waals surface area contributed by atoms with Crippen molar-refractivity contribution in [1.82, 2.24) is 15.0 Å². The number of morpholine rings is 1. The molecule has 2 bridgehead atoms. The van der Waals surface area contributed by atoms with Gasteiger partial charge in [-0.15, -0.1) is 0 Å². The van der Waals surface area contributed by atoms with E-state index in [1.54, 1.807) is 0 Å². The summed E-state index contributed by atoms with van der Waals surface area (Å²) in [5.74, 6) is -1.45. The Labute approximate surface area is 170 Å². The molecule has 2 aromatic heterocycles. The first-order valence-electron chi connectivity index (χ1n) is 9.42. The van der Waals surface area contributed by atoms with Gasteiger partial charge in [-0.05, 0) is 6.07 Å². The van der Waals surface area contributed by atoms with Crippen LogP contribution >= 0.6 is 0 Å². The minimum Gasteiger partial charge on any atom is -0.494 e. The fraction of sp³-hybridized carbons (Fsp3) is 0.350. The van der Waals surface area contributed by atoms with E-state index < -0.39 is 11.6 Å². The molecule has 6 rings (SSSR count). The lowest BCUT2D eigenvalue weighted by atomic mass is 9.98. The Morgan fingerprint density at radius 3 is 2.30 bits per heavy atom. The van der Waals surface area contributed by atoms with Crippen molar-refractivity contribution < 1.29 is 23.0 Å². The highest BCUT2D eigenvalue weighted by Crippen LogP contribution is 2.40. The van der Waals surface area contributed by atoms with E-state index in [1.165, 1.54) is 26.5 Å². The second-order valence-corrected chi connectivity index (χ2v) is 7.30. The molecule has 5 heterocycles. The fourth-order valence-corrected chi connectivity index (χ4v) is 4.02. The number of nitrogens with two attached hydrogens (primary N) is 1. The molecular formula is C20H19F2N5O3. The first-order valence-corrected chi connectivity index (χ1v) is 9.42. The number of nitrogens with zero attached hydrogens (tertiary/aromatic N) is 4. The molecule has 2 unspecified atom stereocenters. The summed E-state index contributed by atoms with van der Waals surface area (Å²) in [6.45, 7) is 1.22. The lowest BCUT2D eigenvalue weighted by Gasteiger charge is -2.47. The summed E-state index contributed by atoms with van der Waals surface area (Å²) in [6.07, 6.45) is 2.71. The smallest absolute Gasteiger partial charge is 0.220 e. The van der Waals surface area contributed by atoms with Gasteiger partial charge in [-0.1, -0.05) is 0 Å². The van der Waals surface area contributed by atoms with Crippen LogP contribution < -0.4 is 20.1 Å². The number of fused-ring (bicyclic) bond motifs is 3. The van der Waals surface area contributed by atoms with Crippen LogP contribution in [0.3, 0.4) is 0 Å². The zero-order valence-corrected chi connectivity index (χ0v) is 16.4. The Morgan fingerprint density at radius 1 is 1.07 bits per heavy atom. The molecule has 0 saturated carbocycles. The molecular weight excluding hydrogens is 396 g/mol. The molecule has 156 valence electrons. The van der Waals surface area contributed by atoms with Gasteiger partial charge in [0.15, 0.2) is 29.0 Å². The van der Waals surface area contributed by atoms with Crippen LogP contribution in [0.15, 0.2) is 18.3 Å². The lowest BCUT2D eigenvalue weighted by Crippen LogP contribution is -2.57. The Bertz CT molecular complexity index is 1110. The van der Waals surface area contributed by atoms with Gasteiger partial charge in [0.2, 0.25) is 5.95 Å².